The van der Waals surface area contributed by atoms with Crippen LogP contribution in [0.4, 0.5) is 5.69 Å². The molecule has 6 nitrogen and oxygen atoms in total. The summed E-state index contributed by atoms with van der Waals surface area (Å²) in [5.41, 5.74) is 3.11. The number of carbonyl (C=O) groups excluding carboxylic acids is 2. The van der Waals surface area contributed by atoms with Crippen LogP contribution in [0, 0.1) is 6.92 Å². The molecule has 6 heteroatoms. The molecule has 3 atom stereocenters. The average molecular weight is 428 g/mol. The molecule has 0 aliphatic carbocycles. The Balaban J connectivity index is 1.50. The van der Waals surface area contributed by atoms with Crippen LogP contribution in [0.5, 0.6) is 0 Å². The molecule has 2 aliphatic rings. The number of hydroxylamine groups is 2. The van der Waals surface area contributed by atoms with Gasteiger partial charge in [-0.3, -0.25) is 14.4 Å². The second-order valence-electron chi connectivity index (χ2n) is 8.36. The number of anilines is 1. The van der Waals surface area contributed by atoms with Gasteiger partial charge in [0.25, 0.3) is 5.91 Å². The summed E-state index contributed by atoms with van der Waals surface area (Å²) in [5.74, 6) is -2.23. The average Bonchev–Trinajstić information content (AvgIpc) is 3.33. The van der Waals surface area contributed by atoms with E-state index in [1.807, 2.05) is 67.6 Å². The van der Waals surface area contributed by atoms with Crippen molar-refractivity contribution in [3.8, 4) is 0 Å². The van der Waals surface area contributed by atoms with Crippen LogP contribution >= 0.6 is 0 Å². The Bertz CT molecular complexity index is 1130. The van der Waals surface area contributed by atoms with Gasteiger partial charge in [0.05, 0.1) is 18.2 Å². The lowest BCUT2D eigenvalue weighted by molar-refractivity contribution is -0.303. The molecule has 162 valence electrons. The summed E-state index contributed by atoms with van der Waals surface area (Å²) in [6, 6.07) is 24.8. The highest BCUT2D eigenvalue weighted by molar-refractivity contribution is 6.22. The largest absolute Gasteiger partial charge is 0.361 e. The molecule has 2 heterocycles. The minimum atomic E-state index is -1.59. The van der Waals surface area contributed by atoms with Crippen LogP contribution in [-0.2, 0) is 20.2 Å². The second kappa shape index (κ2) is 7.98. The Labute approximate surface area is 186 Å². The van der Waals surface area contributed by atoms with Gasteiger partial charge >= 0.3 is 0 Å². The molecular formula is C26H24N2O4. The van der Waals surface area contributed by atoms with Crippen LogP contribution in [-0.4, -0.2) is 28.0 Å². The first-order valence-corrected chi connectivity index (χ1v) is 10.7. The molecule has 0 radical (unpaired) electrons. The summed E-state index contributed by atoms with van der Waals surface area (Å²) in [4.78, 5) is 33.6. The molecule has 5 rings (SSSR count). The highest BCUT2D eigenvalue weighted by Crippen LogP contribution is 2.47. The number of aliphatic hydroxyl groups is 1. The summed E-state index contributed by atoms with van der Waals surface area (Å²) >= 11 is 0. The van der Waals surface area contributed by atoms with Gasteiger partial charge < -0.3 is 5.11 Å². The van der Waals surface area contributed by atoms with Gasteiger partial charge in [-0.15, -0.1) is 0 Å². The number of hydrogen-bond donors (Lipinski definition) is 1. The number of aryl methyl sites for hydroxylation is 1. The second-order valence-corrected chi connectivity index (χ2v) is 8.36. The maximum atomic E-state index is 13.4. The van der Waals surface area contributed by atoms with Crippen LogP contribution < -0.4 is 4.90 Å². The van der Waals surface area contributed by atoms with Gasteiger partial charge in [-0.25, -0.2) is 4.90 Å². The highest BCUT2D eigenvalue weighted by Gasteiger charge is 2.54. The first-order valence-electron chi connectivity index (χ1n) is 10.7. The maximum Gasteiger partial charge on any atom is 0.254 e. The van der Waals surface area contributed by atoms with Gasteiger partial charge in [0, 0.05) is 12.0 Å². The topological polar surface area (TPSA) is 70.1 Å². The maximum absolute atomic E-state index is 13.4. The number of nitrogens with zero attached hydrogens (tertiary/aromatic N) is 2. The fraction of sp³-hybridized carbons (Fsp3) is 0.231. The van der Waals surface area contributed by atoms with E-state index in [4.69, 9.17) is 4.84 Å². The van der Waals surface area contributed by atoms with Crippen LogP contribution in [0.25, 0.3) is 0 Å². The van der Waals surface area contributed by atoms with Crippen LogP contribution in [0.3, 0.4) is 0 Å². The summed E-state index contributed by atoms with van der Waals surface area (Å²) in [7, 11) is 0. The number of benzene rings is 3. The van der Waals surface area contributed by atoms with Crippen molar-refractivity contribution in [2.24, 2.45) is 0 Å². The van der Waals surface area contributed by atoms with Crippen molar-refractivity contribution in [1.82, 2.24) is 5.06 Å². The van der Waals surface area contributed by atoms with Gasteiger partial charge in [0.2, 0.25) is 11.7 Å². The summed E-state index contributed by atoms with van der Waals surface area (Å²) in [5, 5.41) is 12.9. The lowest BCUT2D eigenvalue weighted by atomic mass is 9.94. The monoisotopic (exact) mass is 428 g/mol. The first kappa shape index (κ1) is 20.6. The van der Waals surface area contributed by atoms with E-state index in [-0.39, 0.29) is 30.7 Å². The van der Waals surface area contributed by atoms with Crippen molar-refractivity contribution in [2.75, 3.05) is 4.90 Å². The van der Waals surface area contributed by atoms with E-state index >= 15 is 0 Å². The number of carbonyl (C=O) groups is 2. The molecular weight excluding hydrogens is 404 g/mol. The molecule has 3 aromatic rings. The van der Waals surface area contributed by atoms with Crippen molar-refractivity contribution in [2.45, 2.75) is 37.6 Å². The molecule has 2 aliphatic heterocycles. The smallest absolute Gasteiger partial charge is 0.254 e. The molecule has 2 amide bonds. The zero-order valence-electron chi connectivity index (χ0n) is 17.7. The molecule has 0 aromatic heterocycles. The minimum absolute atomic E-state index is 0.0130. The van der Waals surface area contributed by atoms with Gasteiger partial charge in [0.15, 0.2) is 0 Å². The van der Waals surface area contributed by atoms with E-state index in [2.05, 4.69) is 0 Å². The molecule has 0 saturated carbocycles. The third kappa shape index (κ3) is 3.52. The molecule has 0 unspecified atom stereocenters. The van der Waals surface area contributed by atoms with E-state index < -0.39 is 11.8 Å². The zero-order valence-corrected chi connectivity index (χ0v) is 17.7. The van der Waals surface area contributed by atoms with Gasteiger partial charge in [-0.1, -0.05) is 78.4 Å². The highest BCUT2D eigenvalue weighted by atomic mass is 16.8. The summed E-state index contributed by atoms with van der Waals surface area (Å²) in [6.45, 7) is 1.95. The third-order valence-electron chi connectivity index (χ3n) is 6.17. The van der Waals surface area contributed by atoms with E-state index in [0.717, 1.165) is 11.1 Å². The molecule has 1 N–H and O–H groups in total. The van der Waals surface area contributed by atoms with E-state index in [9.17, 15) is 14.7 Å². The lowest BCUT2D eigenvalue weighted by Gasteiger charge is -2.28. The quantitative estimate of drug-likeness (QED) is 0.640. The van der Waals surface area contributed by atoms with Crippen molar-refractivity contribution in [1.29, 1.82) is 0 Å². The SMILES string of the molecule is Cc1ccc(N2C(=O)C[C@H](N3O[C@](O)(c4ccccc4)C[C@H]3c3ccccc3)C2=O)cc1. The normalized spacial score (nSPS) is 26.1. The third-order valence-corrected chi connectivity index (χ3v) is 6.17. The van der Waals surface area contributed by atoms with Crippen molar-refractivity contribution in [3.05, 3.63) is 102 Å². The number of imide groups is 1. The lowest BCUT2D eigenvalue weighted by Crippen LogP contribution is -2.42. The molecule has 3 aromatic carbocycles. The van der Waals surface area contributed by atoms with Crippen LogP contribution in [0.15, 0.2) is 84.9 Å². The van der Waals surface area contributed by atoms with Crippen molar-refractivity contribution in [3.63, 3.8) is 0 Å². The van der Waals surface area contributed by atoms with E-state index in [0.29, 0.717) is 11.3 Å². The Morgan fingerprint density at radius 1 is 0.875 bits per heavy atom. The predicted molar refractivity (Wildman–Crippen MR) is 119 cm³/mol. The first-order chi connectivity index (χ1) is 15.5. The Kier molecular flexibility index (Phi) is 5.13. The molecule has 2 saturated heterocycles. The van der Waals surface area contributed by atoms with Gasteiger partial charge in [-0.2, -0.15) is 5.06 Å². The summed E-state index contributed by atoms with van der Waals surface area (Å²) < 4.78 is 0. The predicted octanol–water partition coefficient (Wildman–Crippen LogP) is 3.85. The van der Waals surface area contributed by atoms with Crippen LogP contribution in [0.2, 0.25) is 0 Å². The Hall–Kier alpha value is -3.32. The fourth-order valence-corrected chi connectivity index (χ4v) is 4.50. The number of amides is 2. The van der Waals surface area contributed by atoms with Crippen molar-refractivity contribution < 1.29 is 19.5 Å². The minimum Gasteiger partial charge on any atom is -0.361 e. The number of rotatable bonds is 4. The van der Waals surface area contributed by atoms with Crippen molar-refractivity contribution >= 4 is 17.5 Å². The molecule has 32 heavy (non-hydrogen) atoms. The number of hydrogen-bond acceptors (Lipinski definition) is 5. The van der Waals surface area contributed by atoms with Gasteiger partial charge in [-0.05, 0) is 24.6 Å². The fourth-order valence-electron chi connectivity index (χ4n) is 4.50. The standard InChI is InChI=1S/C26H24N2O4/c1-18-12-14-21(15-13-18)27-24(29)16-22(25(27)30)28-23(19-8-4-2-5-9-19)17-26(31,32-28)20-10-6-3-7-11-20/h2-15,22-23,31H,16-17H2,1H3/t22-,23-,26-/m0/s1. The van der Waals surface area contributed by atoms with Gasteiger partial charge in [0.1, 0.15) is 6.04 Å². The van der Waals surface area contributed by atoms with Crippen LogP contribution in [0.1, 0.15) is 35.6 Å². The molecule has 2 fully saturated rings. The van der Waals surface area contributed by atoms with E-state index in [1.165, 1.54) is 9.96 Å². The molecule has 0 spiro atoms. The summed E-state index contributed by atoms with van der Waals surface area (Å²) in [6.07, 6.45) is 0.227. The molecule has 0 bridgehead atoms. The van der Waals surface area contributed by atoms with E-state index in [1.54, 1.807) is 24.3 Å². The Morgan fingerprint density at radius 3 is 2.16 bits per heavy atom. The Morgan fingerprint density at radius 2 is 1.50 bits per heavy atom. The zero-order chi connectivity index (χ0) is 22.3.